The summed E-state index contributed by atoms with van der Waals surface area (Å²) in [4.78, 5) is 6.61. The van der Waals surface area contributed by atoms with E-state index in [1.54, 1.807) is 6.20 Å². The van der Waals surface area contributed by atoms with Crippen LogP contribution >= 0.6 is 0 Å². The number of rotatable bonds is 2. The maximum Gasteiger partial charge on any atom is 0.397 e. The van der Waals surface area contributed by atoms with Gasteiger partial charge in [0.1, 0.15) is 12.7 Å². The van der Waals surface area contributed by atoms with Crippen LogP contribution in [0.5, 0.6) is 0 Å². The number of fused-ring (bicyclic) bond motifs is 1. The van der Waals surface area contributed by atoms with Crippen molar-refractivity contribution in [3.05, 3.63) is 54.4 Å². The summed E-state index contributed by atoms with van der Waals surface area (Å²) in [6.45, 7) is 0.538. The summed E-state index contributed by atoms with van der Waals surface area (Å²) in [5.41, 5.74) is -0.0364. The molecule has 2 aliphatic rings. The molecule has 0 saturated heterocycles. The van der Waals surface area contributed by atoms with Crippen LogP contribution in [0.4, 0.5) is 5.95 Å². The van der Waals surface area contributed by atoms with Crippen molar-refractivity contribution in [2.75, 3.05) is 4.90 Å². The topological polar surface area (TPSA) is 40.2 Å². The molecule has 110 valence electrons. The van der Waals surface area contributed by atoms with Crippen molar-refractivity contribution in [3.8, 4) is 0 Å². The molecule has 0 bridgehead atoms. The highest BCUT2D eigenvalue weighted by Crippen LogP contribution is 2.40. The first kappa shape index (κ1) is 14.5. The van der Waals surface area contributed by atoms with E-state index in [1.165, 1.54) is 6.42 Å². The zero-order valence-electron chi connectivity index (χ0n) is 11.7. The highest BCUT2D eigenvalue weighted by Gasteiger charge is 2.55. The summed E-state index contributed by atoms with van der Waals surface area (Å²) in [5, 5.41) is 11.3. The molecule has 1 N–H and O–H groups in total. The van der Waals surface area contributed by atoms with Gasteiger partial charge in [0, 0.05) is 11.6 Å². The molecule has 1 fully saturated rings. The van der Waals surface area contributed by atoms with Gasteiger partial charge >= 0.3 is 5.95 Å². The Bertz CT molecular complexity index is 632. The molecule has 1 aliphatic heterocycles. The zero-order valence-corrected chi connectivity index (χ0v) is 13.3. The minimum atomic E-state index is -0.978. The van der Waals surface area contributed by atoms with E-state index in [0.29, 0.717) is 12.6 Å². The third-order valence-corrected chi connectivity index (χ3v) is 4.48. The van der Waals surface area contributed by atoms with Crippen molar-refractivity contribution in [1.82, 2.24) is 4.98 Å². The van der Waals surface area contributed by atoms with Gasteiger partial charge in [-0.25, -0.2) is 9.47 Å². The summed E-state index contributed by atoms with van der Waals surface area (Å²) < 4.78 is 2.05. The first-order valence-electron chi connectivity index (χ1n) is 7.21. The van der Waals surface area contributed by atoms with Gasteiger partial charge in [0.25, 0.3) is 0 Å². The number of halogens is 1. The molecule has 1 aromatic carbocycles. The van der Waals surface area contributed by atoms with E-state index in [2.05, 4.69) is 9.88 Å². The van der Waals surface area contributed by atoms with Crippen LogP contribution in [0.3, 0.4) is 0 Å². The quantitative estimate of drug-likeness (QED) is 0.678. The van der Waals surface area contributed by atoms with Crippen LogP contribution in [-0.4, -0.2) is 16.1 Å². The minimum Gasteiger partial charge on any atom is -1.00 e. The smallest absolute Gasteiger partial charge is 0.397 e. The van der Waals surface area contributed by atoms with Gasteiger partial charge in [-0.1, -0.05) is 35.3 Å². The Balaban J connectivity index is 0.00000132. The van der Waals surface area contributed by atoms with Crippen molar-refractivity contribution < 1.29 is 26.7 Å². The van der Waals surface area contributed by atoms with E-state index in [9.17, 15) is 5.11 Å². The highest BCUT2D eigenvalue weighted by atomic mass is 79.9. The molecule has 2 aromatic rings. The molecule has 2 heterocycles. The van der Waals surface area contributed by atoms with E-state index in [4.69, 9.17) is 0 Å². The van der Waals surface area contributed by atoms with E-state index < -0.39 is 5.72 Å². The lowest BCUT2D eigenvalue weighted by Gasteiger charge is -2.38. The Morgan fingerprint density at radius 3 is 2.62 bits per heavy atom. The Hall–Kier alpha value is -1.46. The van der Waals surface area contributed by atoms with Gasteiger partial charge in [-0.2, -0.15) is 0 Å². The molecule has 4 rings (SSSR count). The molecule has 5 heteroatoms. The third-order valence-electron chi connectivity index (χ3n) is 4.48. The fraction of sp³-hybridized carbons (Fsp3) is 0.375. The second-order valence-corrected chi connectivity index (χ2v) is 5.68. The lowest BCUT2D eigenvalue weighted by Crippen LogP contribution is -3.00. The van der Waals surface area contributed by atoms with Gasteiger partial charge in [-0.05, 0) is 19.3 Å². The van der Waals surface area contributed by atoms with Crippen molar-refractivity contribution in [1.29, 1.82) is 0 Å². The molecule has 0 radical (unpaired) electrons. The molecule has 4 nitrogen and oxygen atoms in total. The van der Waals surface area contributed by atoms with Gasteiger partial charge in [0.2, 0.25) is 5.72 Å². The Morgan fingerprint density at radius 2 is 1.95 bits per heavy atom. The van der Waals surface area contributed by atoms with Crippen molar-refractivity contribution in [3.63, 3.8) is 0 Å². The molecule has 21 heavy (non-hydrogen) atoms. The number of anilines is 1. The summed E-state index contributed by atoms with van der Waals surface area (Å²) in [5.74, 6) is 0.878. The second-order valence-electron chi connectivity index (χ2n) is 5.68. The van der Waals surface area contributed by atoms with Crippen LogP contribution in [0.15, 0.2) is 48.8 Å². The van der Waals surface area contributed by atoms with Gasteiger partial charge in [0.05, 0.1) is 12.2 Å². The number of hydrogen-bond acceptors (Lipinski definition) is 3. The normalized spacial score (nSPS) is 24.1. The lowest BCUT2D eigenvalue weighted by atomic mass is 9.88. The van der Waals surface area contributed by atoms with Crippen LogP contribution in [0.1, 0.15) is 24.8 Å². The molecule has 1 aliphatic carbocycles. The molecular weight excluding hydrogens is 330 g/mol. The molecule has 0 amide bonds. The first-order chi connectivity index (χ1) is 9.79. The minimum absolute atomic E-state index is 0. The van der Waals surface area contributed by atoms with Crippen molar-refractivity contribution >= 4 is 5.95 Å². The van der Waals surface area contributed by atoms with E-state index in [1.807, 2.05) is 47.2 Å². The predicted molar refractivity (Wildman–Crippen MR) is 74.9 cm³/mol. The molecule has 0 unspecified atom stereocenters. The average molecular weight is 348 g/mol. The summed E-state index contributed by atoms with van der Waals surface area (Å²) in [7, 11) is 0. The second kappa shape index (κ2) is 5.39. The van der Waals surface area contributed by atoms with Crippen molar-refractivity contribution in [2.24, 2.45) is 0 Å². The maximum absolute atomic E-state index is 11.3. The van der Waals surface area contributed by atoms with Gasteiger partial charge in [-0.3, -0.25) is 0 Å². The van der Waals surface area contributed by atoms with Crippen LogP contribution in [0.25, 0.3) is 0 Å². The van der Waals surface area contributed by atoms with Gasteiger partial charge in [0.15, 0.2) is 0 Å². The highest BCUT2D eigenvalue weighted by molar-refractivity contribution is 5.40. The average Bonchev–Trinajstić information content (AvgIpc) is 2.73. The number of aromatic nitrogens is 2. The standard InChI is InChI=1S/C16H18N3O.BrH/c20-16(13-6-2-1-3-7-13)12-18-11-5-10-17-15(18)19(16)14-8-4-9-14;/h1-3,5-7,10-11,14,20H,4,8-9,12H2;1H/q+1;/p-1/t16-;/m1./s1. The monoisotopic (exact) mass is 347 g/mol. The summed E-state index contributed by atoms with van der Waals surface area (Å²) >= 11 is 0. The third kappa shape index (κ3) is 2.15. The number of hydrogen-bond donors (Lipinski definition) is 1. The molecule has 0 spiro atoms. The van der Waals surface area contributed by atoms with Gasteiger partial charge in [-0.15, -0.1) is 0 Å². The van der Waals surface area contributed by atoms with E-state index in [-0.39, 0.29) is 17.0 Å². The number of aliphatic hydroxyl groups is 1. The fourth-order valence-corrected chi connectivity index (χ4v) is 3.24. The molecule has 1 saturated carbocycles. The van der Waals surface area contributed by atoms with E-state index in [0.717, 1.165) is 24.4 Å². The van der Waals surface area contributed by atoms with Crippen LogP contribution in [-0.2, 0) is 12.3 Å². The fourth-order valence-electron chi connectivity index (χ4n) is 3.24. The largest absolute Gasteiger partial charge is 1.00 e. The molecular formula is C16H18BrN3O. The van der Waals surface area contributed by atoms with Crippen LogP contribution in [0, 0.1) is 0 Å². The maximum atomic E-state index is 11.3. The predicted octanol–water partition coefficient (Wildman–Crippen LogP) is -1.41. The Labute approximate surface area is 134 Å². The van der Waals surface area contributed by atoms with E-state index >= 15 is 0 Å². The number of benzene rings is 1. The summed E-state index contributed by atoms with van der Waals surface area (Å²) in [6, 6.07) is 12.2. The zero-order chi connectivity index (χ0) is 13.6. The summed E-state index contributed by atoms with van der Waals surface area (Å²) in [6.07, 6.45) is 7.29. The van der Waals surface area contributed by atoms with Crippen molar-refractivity contribution in [2.45, 2.75) is 37.6 Å². The van der Waals surface area contributed by atoms with Crippen LogP contribution < -0.4 is 26.4 Å². The Kier molecular flexibility index (Phi) is 3.71. The van der Waals surface area contributed by atoms with Crippen LogP contribution in [0.2, 0.25) is 0 Å². The Morgan fingerprint density at radius 1 is 1.19 bits per heavy atom. The molecule has 1 atom stereocenters. The SMILES string of the molecule is O[C@@]1(c2ccccc2)C[n+]2cccnc2N1C1CCC1.[Br-]. The lowest BCUT2D eigenvalue weighted by molar-refractivity contribution is -0.685. The van der Waals surface area contributed by atoms with Gasteiger partial charge < -0.3 is 22.1 Å². The molecule has 1 aromatic heterocycles. The number of nitrogens with zero attached hydrogens (tertiary/aromatic N) is 3. The first-order valence-corrected chi connectivity index (χ1v) is 7.21.